The molecule has 4 rings (SSSR count). The molecule has 10 nitrogen and oxygen atoms in total. The van der Waals surface area contributed by atoms with Crippen molar-refractivity contribution in [1.29, 1.82) is 5.41 Å². The van der Waals surface area contributed by atoms with Crippen LogP contribution in [0.4, 0.5) is 0 Å². The summed E-state index contributed by atoms with van der Waals surface area (Å²) in [6, 6.07) is 18.7. The highest BCUT2D eigenvalue weighted by molar-refractivity contribution is 5.94. The first kappa shape index (κ1) is 28.8. The quantitative estimate of drug-likeness (QED) is 0.162. The van der Waals surface area contributed by atoms with Gasteiger partial charge in [-0.05, 0) is 30.0 Å². The van der Waals surface area contributed by atoms with Crippen LogP contribution < -0.4 is 21.7 Å². The van der Waals surface area contributed by atoms with Gasteiger partial charge in [0.15, 0.2) is 0 Å². The molecule has 1 fully saturated rings. The maximum absolute atomic E-state index is 13.0. The molecule has 1 aliphatic heterocycles. The number of H-pyrrole nitrogens is 1. The van der Waals surface area contributed by atoms with Crippen LogP contribution in [0.15, 0.2) is 66.9 Å². The summed E-state index contributed by atoms with van der Waals surface area (Å²) in [5.74, 6) is -0.513. The summed E-state index contributed by atoms with van der Waals surface area (Å²) in [7, 11) is 0. The fourth-order valence-electron chi connectivity index (χ4n) is 4.42. The largest absolute Gasteiger partial charge is 0.384 e. The molecule has 2 heterocycles. The number of likely N-dealkylation sites (tertiary alicyclic amines) is 1. The number of nitrogens with two attached hydrogens (primary N) is 1. The molecule has 0 saturated carbocycles. The maximum Gasteiger partial charge on any atom is 0.243 e. The van der Waals surface area contributed by atoms with Crippen molar-refractivity contribution >= 4 is 30.1 Å². The zero-order valence-corrected chi connectivity index (χ0v) is 22.0. The van der Waals surface area contributed by atoms with Crippen molar-refractivity contribution in [3.05, 3.63) is 89.2 Å². The zero-order valence-electron chi connectivity index (χ0n) is 21.2. The molecule has 1 aliphatic rings. The number of carbonyl (C=O) groups excluding carboxylic acids is 2. The van der Waals surface area contributed by atoms with Crippen LogP contribution in [0.5, 0.6) is 0 Å². The lowest BCUT2D eigenvalue weighted by atomic mass is 10.0. The van der Waals surface area contributed by atoms with Crippen molar-refractivity contribution in [3.8, 4) is 0 Å². The number of nitrogen functional groups attached to an aromatic ring is 1. The van der Waals surface area contributed by atoms with E-state index in [0.717, 1.165) is 38.0 Å². The second-order valence-electron chi connectivity index (χ2n) is 9.26. The Morgan fingerprint density at radius 3 is 2.39 bits per heavy atom. The molecular formula is C27H35ClN8O2. The standard InChI is InChI=1S/C27H34N8O2.ClH/c28-26(29)21-8-6-19(7-9-21)16-30-25(23-10-13-32-34-23)27(37)31-17-24(36)33-22-11-14-35(15-12-22)18-20-4-2-1-3-5-20;/h1-10,13,22,25,30H,11-12,14-18H2,(H3,28,29)(H,31,37)(H,32,34)(H,33,36);1H. The highest BCUT2D eigenvalue weighted by Crippen LogP contribution is 2.14. The van der Waals surface area contributed by atoms with Gasteiger partial charge in [-0.1, -0.05) is 54.6 Å². The molecule has 7 N–H and O–H groups in total. The van der Waals surface area contributed by atoms with Crippen LogP contribution in [0.1, 0.15) is 41.3 Å². The average Bonchev–Trinajstić information content (AvgIpc) is 3.44. The summed E-state index contributed by atoms with van der Waals surface area (Å²) in [4.78, 5) is 27.9. The van der Waals surface area contributed by atoms with Crippen LogP contribution >= 0.6 is 12.4 Å². The molecular weight excluding hydrogens is 504 g/mol. The van der Waals surface area contributed by atoms with Gasteiger partial charge >= 0.3 is 0 Å². The molecule has 2 aromatic carbocycles. The number of hydrogen-bond acceptors (Lipinski definition) is 6. The van der Waals surface area contributed by atoms with Crippen molar-refractivity contribution in [2.24, 2.45) is 5.73 Å². The third-order valence-corrected chi connectivity index (χ3v) is 6.50. The Kier molecular flexibility index (Phi) is 10.8. The minimum atomic E-state index is -0.705. The van der Waals surface area contributed by atoms with Crippen LogP contribution in [0, 0.1) is 5.41 Å². The summed E-state index contributed by atoms with van der Waals surface area (Å²) in [6.45, 7) is 3.07. The second-order valence-corrected chi connectivity index (χ2v) is 9.26. The van der Waals surface area contributed by atoms with Crippen LogP contribution in [0.3, 0.4) is 0 Å². The lowest BCUT2D eigenvalue weighted by Gasteiger charge is -2.32. The second kappa shape index (κ2) is 14.3. The van der Waals surface area contributed by atoms with Crippen molar-refractivity contribution in [1.82, 2.24) is 31.0 Å². The third-order valence-electron chi connectivity index (χ3n) is 6.50. The molecule has 11 heteroatoms. The Morgan fingerprint density at radius 1 is 1.05 bits per heavy atom. The van der Waals surface area contributed by atoms with Crippen molar-refractivity contribution < 1.29 is 9.59 Å². The normalized spacial score (nSPS) is 14.7. The van der Waals surface area contributed by atoms with Gasteiger partial charge in [0, 0.05) is 44.0 Å². The topological polar surface area (TPSA) is 152 Å². The number of carbonyl (C=O) groups is 2. The Labute approximate surface area is 228 Å². The van der Waals surface area contributed by atoms with E-state index in [1.165, 1.54) is 5.56 Å². The van der Waals surface area contributed by atoms with Crippen LogP contribution in [-0.4, -0.2) is 58.4 Å². The minimum Gasteiger partial charge on any atom is -0.384 e. The number of piperidine rings is 1. The van der Waals surface area contributed by atoms with Gasteiger partial charge in [0.2, 0.25) is 11.8 Å². The number of benzene rings is 2. The number of amides is 2. The van der Waals surface area contributed by atoms with E-state index in [4.69, 9.17) is 11.1 Å². The minimum absolute atomic E-state index is 0. The SMILES string of the molecule is Cl.N=C(N)c1ccc(CNC(C(=O)NCC(=O)NC2CCN(Cc3ccccc3)CC2)c2ccn[nH]2)cc1. The van der Waals surface area contributed by atoms with Gasteiger partial charge in [0.05, 0.1) is 12.2 Å². The molecule has 0 spiro atoms. The lowest BCUT2D eigenvalue weighted by molar-refractivity contribution is -0.128. The van der Waals surface area contributed by atoms with Gasteiger partial charge in [-0.3, -0.25) is 30.3 Å². The number of rotatable bonds is 11. The molecule has 0 aliphatic carbocycles. The Morgan fingerprint density at radius 2 is 1.76 bits per heavy atom. The zero-order chi connectivity index (χ0) is 26.0. The first-order chi connectivity index (χ1) is 18.0. The number of hydrogen-bond donors (Lipinski definition) is 6. The Hall–Kier alpha value is -3.73. The molecule has 1 atom stereocenters. The van der Waals surface area contributed by atoms with Crippen LogP contribution in [0.2, 0.25) is 0 Å². The summed E-state index contributed by atoms with van der Waals surface area (Å²) >= 11 is 0. The highest BCUT2D eigenvalue weighted by atomic mass is 35.5. The van der Waals surface area contributed by atoms with E-state index in [1.54, 1.807) is 24.4 Å². The van der Waals surface area contributed by atoms with Crippen LogP contribution in [-0.2, 0) is 22.7 Å². The van der Waals surface area contributed by atoms with E-state index in [1.807, 2.05) is 18.2 Å². The van der Waals surface area contributed by atoms with E-state index in [2.05, 4.69) is 55.3 Å². The smallest absolute Gasteiger partial charge is 0.243 e. The first-order valence-corrected chi connectivity index (χ1v) is 12.5. The molecule has 202 valence electrons. The summed E-state index contributed by atoms with van der Waals surface area (Å²) in [5, 5.41) is 23.3. The van der Waals surface area contributed by atoms with E-state index >= 15 is 0 Å². The number of aromatic nitrogens is 2. The molecule has 38 heavy (non-hydrogen) atoms. The number of nitrogens with zero attached hydrogens (tertiary/aromatic N) is 2. The predicted octanol–water partition coefficient (Wildman–Crippen LogP) is 1.84. The maximum atomic E-state index is 13.0. The molecule has 3 aromatic rings. The number of halogens is 1. The first-order valence-electron chi connectivity index (χ1n) is 12.5. The average molecular weight is 539 g/mol. The van der Waals surface area contributed by atoms with E-state index in [9.17, 15) is 9.59 Å². The fourth-order valence-corrected chi connectivity index (χ4v) is 4.42. The summed E-state index contributed by atoms with van der Waals surface area (Å²) in [5.41, 5.74) is 8.97. The lowest BCUT2D eigenvalue weighted by Crippen LogP contribution is -2.48. The van der Waals surface area contributed by atoms with Crippen molar-refractivity contribution in [3.63, 3.8) is 0 Å². The summed E-state index contributed by atoms with van der Waals surface area (Å²) in [6.07, 6.45) is 3.34. The van der Waals surface area contributed by atoms with E-state index in [0.29, 0.717) is 17.8 Å². The summed E-state index contributed by atoms with van der Waals surface area (Å²) < 4.78 is 0. The van der Waals surface area contributed by atoms with Crippen molar-refractivity contribution in [2.75, 3.05) is 19.6 Å². The molecule has 0 bridgehead atoms. The van der Waals surface area contributed by atoms with Gasteiger partial charge in [-0.15, -0.1) is 12.4 Å². The van der Waals surface area contributed by atoms with E-state index < -0.39 is 6.04 Å². The van der Waals surface area contributed by atoms with Gasteiger partial charge in [0.1, 0.15) is 11.9 Å². The number of amidine groups is 1. The van der Waals surface area contributed by atoms with Gasteiger partial charge in [0.25, 0.3) is 0 Å². The molecule has 1 aromatic heterocycles. The number of aromatic amines is 1. The van der Waals surface area contributed by atoms with Crippen molar-refractivity contribution in [2.45, 2.75) is 38.0 Å². The molecule has 0 radical (unpaired) electrons. The van der Waals surface area contributed by atoms with Gasteiger partial charge in [-0.2, -0.15) is 5.10 Å². The Bertz CT molecular complexity index is 1160. The van der Waals surface area contributed by atoms with Gasteiger partial charge < -0.3 is 16.4 Å². The molecule has 1 saturated heterocycles. The monoisotopic (exact) mass is 538 g/mol. The Balaban J connectivity index is 0.00000400. The molecule has 1 unspecified atom stereocenters. The molecule has 2 amide bonds. The van der Waals surface area contributed by atoms with Gasteiger partial charge in [-0.25, -0.2) is 0 Å². The van der Waals surface area contributed by atoms with E-state index in [-0.39, 0.29) is 42.6 Å². The third kappa shape index (κ3) is 8.41. The highest BCUT2D eigenvalue weighted by Gasteiger charge is 2.24. The fraction of sp³-hybridized carbons (Fsp3) is 0.333. The number of nitrogens with one attached hydrogen (secondary N) is 5. The van der Waals surface area contributed by atoms with Crippen LogP contribution in [0.25, 0.3) is 0 Å². The predicted molar refractivity (Wildman–Crippen MR) is 149 cm³/mol.